The molecule has 1 heterocycles. The van der Waals surface area contributed by atoms with Crippen LogP contribution < -0.4 is 14.8 Å². The van der Waals surface area contributed by atoms with Crippen molar-refractivity contribution in [3.63, 3.8) is 0 Å². The molecule has 0 saturated carbocycles. The molecule has 8 nitrogen and oxygen atoms in total. The minimum Gasteiger partial charge on any atom is -0.493 e. The Morgan fingerprint density at radius 2 is 2.00 bits per heavy atom. The lowest BCUT2D eigenvalue weighted by molar-refractivity contribution is -0.150. The summed E-state index contributed by atoms with van der Waals surface area (Å²) >= 11 is 0. The maximum Gasteiger partial charge on any atom is 0.344 e. The van der Waals surface area contributed by atoms with Crippen molar-refractivity contribution in [3.05, 3.63) is 29.8 Å². The molecule has 9 heteroatoms. The average Bonchev–Trinajstić information content (AvgIpc) is 2.91. The molecule has 2 rings (SSSR count). The van der Waals surface area contributed by atoms with E-state index in [0.717, 1.165) is 5.56 Å². The Hall–Kier alpha value is -2.55. The van der Waals surface area contributed by atoms with Crippen LogP contribution in [-0.4, -0.2) is 57.7 Å². The fourth-order valence-electron chi connectivity index (χ4n) is 2.91. The van der Waals surface area contributed by atoms with Crippen molar-refractivity contribution < 1.29 is 32.2 Å². The molecule has 1 aliphatic heterocycles. The lowest BCUT2D eigenvalue weighted by Crippen LogP contribution is -2.48. The van der Waals surface area contributed by atoms with Gasteiger partial charge in [0.15, 0.2) is 34.6 Å². The molecule has 0 spiro atoms. The molecule has 0 bridgehead atoms. The van der Waals surface area contributed by atoms with Crippen LogP contribution in [0.15, 0.2) is 24.3 Å². The van der Waals surface area contributed by atoms with Crippen LogP contribution in [0.2, 0.25) is 0 Å². The summed E-state index contributed by atoms with van der Waals surface area (Å²) in [5.41, 5.74) is 0.0919. The zero-order valence-corrected chi connectivity index (χ0v) is 17.0. The third-order valence-corrected chi connectivity index (χ3v) is 6.10. The first-order valence-corrected chi connectivity index (χ1v) is 10.6. The van der Waals surface area contributed by atoms with E-state index in [-0.39, 0.29) is 11.5 Å². The normalized spacial score (nSPS) is 20.7. The van der Waals surface area contributed by atoms with Gasteiger partial charge in [0.05, 0.1) is 24.2 Å². The van der Waals surface area contributed by atoms with Crippen molar-refractivity contribution in [2.24, 2.45) is 0 Å². The Bertz CT molecular complexity index is 863. The minimum absolute atomic E-state index is 0.0338. The van der Waals surface area contributed by atoms with Gasteiger partial charge in [-0.2, -0.15) is 0 Å². The number of rotatable bonds is 8. The van der Waals surface area contributed by atoms with Gasteiger partial charge in [0.2, 0.25) is 0 Å². The van der Waals surface area contributed by atoms with Gasteiger partial charge in [0.1, 0.15) is 0 Å². The maximum absolute atomic E-state index is 11.9. The number of allylic oxidation sites excluding steroid dienone is 1. The molecule has 1 aromatic rings. The van der Waals surface area contributed by atoms with Gasteiger partial charge in [0.25, 0.3) is 5.91 Å². The predicted molar refractivity (Wildman–Crippen MR) is 104 cm³/mol. The first-order valence-electron chi connectivity index (χ1n) is 8.77. The van der Waals surface area contributed by atoms with E-state index in [1.54, 1.807) is 19.1 Å². The highest BCUT2D eigenvalue weighted by molar-refractivity contribution is 7.91. The lowest BCUT2D eigenvalue weighted by atomic mass is 10.0. The first kappa shape index (κ1) is 21.7. The molecule has 0 unspecified atom stereocenters. The summed E-state index contributed by atoms with van der Waals surface area (Å²) in [6.45, 7) is 2.66. The number of nitrogens with one attached hydrogen (secondary N) is 1. The molecule has 1 aromatic carbocycles. The number of hydrogen-bond acceptors (Lipinski definition) is 7. The van der Waals surface area contributed by atoms with E-state index in [2.05, 4.69) is 5.32 Å². The van der Waals surface area contributed by atoms with Gasteiger partial charge in [0, 0.05) is 0 Å². The number of hydrogen-bond donors (Lipinski definition) is 1. The molecule has 0 aromatic heterocycles. The fraction of sp³-hybridized carbons (Fsp3) is 0.474. The van der Waals surface area contributed by atoms with E-state index in [1.165, 1.54) is 7.11 Å². The van der Waals surface area contributed by atoms with Crippen LogP contribution in [0.4, 0.5) is 0 Å². The number of sulfone groups is 1. The number of ether oxygens (including phenoxy) is 3. The monoisotopic (exact) mass is 411 g/mol. The van der Waals surface area contributed by atoms with Gasteiger partial charge in [-0.05, 0) is 38.0 Å². The van der Waals surface area contributed by atoms with Crippen molar-refractivity contribution in [1.29, 1.82) is 0 Å². The number of esters is 1. The smallest absolute Gasteiger partial charge is 0.344 e. The molecule has 1 fully saturated rings. The topological polar surface area (TPSA) is 108 Å². The van der Waals surface area contributed by atoms with E-state index in [0.29, 0.717) is 17.9 Å². The van der Waals surface area contributed by atoms with Crippen LogP contribution >= 0.6 is 0 Å². The van der Waals surface area contributed by atoms with E-state index in [4.69, 9.17) is 14.2 Å². The Morgan fingerprint density at radius 3 is 2.61 bits per heavy atom. The molecular weight excluding hydrogens is 386 g/mol. The highest BCUT2D eigenvalue weighted by Crippen LogP contribution is 2.28. The highest BCUT2D eigenvalue weighted by Gasteiger charge is 2.39. The van der Waals surface area contributed by atoms with Crippen LogP contribution in [0, 0.1) is 0 Å². The molecule has 1 N–H and O–H groups in total. The number of carbonyl (C=O) groups is 2. The number of amides is 1. The van der Waals surface area contributed by atoms with Crippen LogP contribution in [-0.2, 0) is 24.2 Å². The van der Waals surface area contributed by atoms with Gasteiger partial charge in [-0.15, -0.1) is 0 Å². The summed E-state index contributed by atoms with van der Waals surface area (Å²) in [5.74, 6) is -0.518. The van der Waals surface area contributed by atoms with Gasteiger partial charge in [-0.3, -0.25) is 4.79 Å². The highest BCUT2D eigenvalue weighted by atomic mass is 32.2. The number of benzene rings is 1. The minimum atomic E-state index is -3.14. The Morgan fingerprint density at radius 1 is 1.25 bits per heavy atom. The third-order valence-electron chi connectivity index (χ3n) is 4.20. The summed E-state index contributed by atoms with van der Waals surface area (Å²) in [4.78, 5) is 23.8. The van der Waals surface area contributed by atoms with Gasteiger partial charge in [-0.25, -0.2) is 13.2 Å². The van der Waals surface area contributed by atoms with Crippen LogP contribution in [0.3, 0.4) is 0 Å². The summed E-state index contributed by atoms with van der Waals surface area (Å²) < 4.78 is 38.6. The van der Waals surface area contributed by atoms with E-state index < -0.39 is 40.5 Å². The van der Waals surface area contributed by atoms with Crippen molar-refractivity contribution >= 4 is 27.8 Å². The quantitative estimate of drug-likeness (QED) is 0.643. The SMILES string of the molecule is C/C=C/c1ccc(OCC(=O)OCC(=O)N[C@@]2(C)CCS(=O)(=O)C2)c(OC)c1. The molecule has 1 saturated heterocycles. The van der Waals surface area contributed by atoms with Gasteiger partial charge in [-0.1, -0.05) is 18.2 Å². The second kappa shape index (κ2) is 9.09. The van der Waals surface area contributed by atoms with E-state index in [9.17, 15) is 18.0 Å². The Kier molecular flexibility index (Phi) is 7.06. The number of carbonyl (C=O) groups excluding carboxylic acids is 2. The van der Waals surface area contributed by atoms with Crippen LogP contribution in [0.5, 0.6) is 11.5 Å². The van der Waals surface area contributed by atoms with Crippen molar-refractivity contribution in [2.75, 3.05) is 31.8 Å². The molecule has 1 aliphatic rings. The largest absolute Gasteiger partial charge is 0.493 e. The van der Waals surface area contributed by atoms with E-state index in [1.807, 2.05) is 25.1 Å². The third kappa shape index (κ3) is 6.26. The van der Waals surface area contributed by atoms with Crippen molar-refractivity contribution in [2.45, 2.75) is 25.8 Å². The van der Waals surface area contributed by atoms with Crippen molar-refractivity contribution in [1.82, 2.24) is 5.32 Å². The molecule has 0 radical (unpaired) electrons. The summed E-state index contributed by atoms with van der Waals surface area (Å²) in [6, 6.07) is 5.26. The fourth-order valence-corrected chi connectivity index (χ4v) is 5.00. The second-order valence-corrected chi connectivity index (χ2v) is 8.99. The first-order chi connectivity index (χ1) is 13.2. The summed E-state index contributed by atoms with van der Waals surface area (Å²) in [5, 5.41) is 2.61. The second-order valence-electron chi connectivity index (χ2n) is 6.81. The zero-order valence-electron chi connectivity index (χ0n) is 16.2. The maximum atomic E-state index is 11.9. The lowest BCUT2D eigenvalue weighted by Gasteiger charge is -2.23. The van der Waals surface area contributed by atoms with E-state index >= 15 is 0 Å². The van der Waals surface area contributed by atoms with Gasteiger partial charge >= 0.3 is 5.97 Å². The molecular formula is C19H25NO7S. The van der Waals surface area contributed by atoms with Crippen LogP contribution in [0.25, 0.3) is 6.08 Å². The molecule has 154 valence electrons. The zero-order chi connectivity index (χ0) is 20.8. The Balaban J connectivity index is 1.81. The average molecular weight is 411 g/mol. The number of methoxy groups -OCH3 is 1. The molecule has 0 aliphatic carbocycles. The standard InChI is InChI=1S/C19H25NO7S/c1-4-5-14-6-7-15(16(10-14)25-3)26-12-18(22)27-11-17(21)20-19(2)8-9-28(23,24)13-19/h4-7,10H,8-9,11-13H2,1-3H3,(H,20,21)/b5-4+/t19-/m0/s1. The summed E-state index contributed by atoms with van der Waals surface area (Å²) in [7, 11) is -1.65. The predicted octanol–water partition coefficient (Wildman–Crippen LogP) is 1.34. The summed E-state index contributed by atoms with van der Waals surface area (Å²) in [6.07, 6.45) is 4.12. The van der Waals surface area contributed by atoms with Gasteiger partial charge < -0.3 is 19.5 Å². The molecule has 1 amide bonds. The van der Waals surface area contributed by atoms with Crippen molar-refractivity contribution in [3.8, 4) is 11.5 Å². The molecule has 1 atom stereocenters. The van der Waals surface area contributed by atoms with Crippen LogP contribution in [0.1, 0.15) is 25.8 Å². The molecule has 28 heavy (non-hydrogen) atoms. The Labute approximate surface area is 164 Å².